The van der Waals surface area contributed by atoms with E-state index in [1.54, 1.807) is 12.1 Å². The molecule has 0 heterocycles. The van der Waals surface area contributed by atoms with Gasteiger partial charge in [0.1, 0.15) is 0 Å². The van der Waals surface area contributed by atoms with Gasteiger partial charge in [0.2, 0.25) is 5.91 Å². The zero-order chi connectivity index (χ0) is 17.4. The van der Waals surface area contributed by atoms with Gasteiger partial charge in [0.25, 0.3) is 0 Å². The van der Waals surface area contributed by atoms with Crippen LogP contribution >= 0.6 is 0 Å². The van der Waals surface area contributed by atoms with E-state index in [0.29, 0.717) is 5.56 Å². The molecule has 0 bridgehead atoms. The SMILES string of the molecule is CCc1ccc(C(=O)CCC(=O)NC(CO)c2ccccc2)cc1. The summed E-state index contributed by atoms with van der Waals surface area (Å²) in [6.45, 7) is 1.88. The third kappa shape index (κ3) is 5.03. The number of Topliss-reactive ketones (excluding diaryl/α,β-unsaturated/α-hetero) is 1. The van der Waals surface area contributed by atoms with Gasteiger partial charge in [-0.1, -0.05) is 61.5 Å². The van der Waals surface area contributed by atoms with Crippen LogP contribution in [0, 0.1) is 0 Å². The number of rotatable bonds is 8. The van der Waals surface area contributed by atoms with E-state index in [0.717, 1.165) is 12.0 Å². The molecule has 2 rings (SSSR count). The molecular weight excluding hydrogens is 302 g/mol. The molecule has 2 aromatic rings. The number of nitrogens with one attached hydrogen (secondary N) is 1. The van der Waals surface area contributed by atoms with Crippen molar-refractivity contribution in [2.45, 2.75) is 32.2 Å². The van der Waals surface area contributed by atoms with Crippen LogP contribution in [0.5, 0.6) is 0 Å². The van der Waals surface area contributed by atoms with Gasteiger partial charge in [-0.15, -0.1) is 0 Å². The summed E-state index contributed by atoms with van der Waals surface area (Å²) in [6, 6.07) is 16.3. The topological polar surface area (TPSA) is 66.4 Å². The van der Waals surface area contributed by atoms with Crippen molar-refractivity contribution >= 4 is 11.7 Å². The van der Waals surface area contributed by atoms with Crippen LogP contribution in [0.3, 0.4) is 0 Å². The Kier molecular flexibility index (Phi) is 6.70. The second kappa shape index (κ2) is 8.99. The highest BCUT2D eigenvalue weighted by Gasteiger charge is 2.15. The number of aliphatic hydroxyl groups is 1. The average molecular weight is 325 g/mol. The van der Waals surface area contributed by atoms with Gasteiger partial charge in [-0.3, -0.25) is 9.59 Å². The van der Waals surface area contributed by atoms with Crippen molar-refractivity contribution in [3.63, 3.8) is 0 Å². The molecule has 0 aliphatic carbocycles. The molecule has 1 atom stereocenters. The minimum Gasteiger partial charge on any atom is -0.394 e. The van der Waals surface area contributed by atoms with Crippen LogP contribution in [0.4, 0.5) is 0 Å². The smallest absolute Gasteiger partial charge is 0.221 e. The molecule has 1 unspecified atom stereocenters. The van der Waals surface area contributed by atoms with Gasteiger partial charge < -0.3 is 10.4 Å². The summed E-state index contributed by atoms with van der Waals surface area (Å²) in [5, 5.41) is 12.2. The largest absolute Gasteiger partial charge is 0.394 e. The molecule has 0 aliphatic rings. The van der Waals surface area contributed by atoms with Gasteiger partial charge in [-0.05, 0) is 17.5 Å². The molecule has 4 heteroatoms. The van der Waals surface area contributed by atoms with Crippen molar-refractivity contribution in [2.24, 2.45) is 0 Å². The van der Waals surface area contributed by atoms with E-state index in [1.807, 2.05) is 42.5 Å². The Morgan fingerprint density at radius 3 is 2.25 bits per heavy atom. The van der Waals surface area contributed by atoms with Crippen molar-refractivity contribution in [1.82, 2.24) is 5.32 Å². The molecule has 0 aliphatic heterocycles. The van der Waals surface area contributed by atoms with E-state index in [1.165, 1.54) is 5.56 Å². The Balaban J connectivity index is 1.86. The minimum absolute atomic E-state index is 0.0481. The summed E-state index contributed by atoms with van der Waals surface area (Å²) in [6.07, 6.45) is 1.20. The highest BCUT2D eigenvalue weighted by atomic mass is 16.3. The summed E-state index contributed by atoms with van der Waals surface area (Å²) in [4.78, 5) is 24.2. The average Bonchev–Trinajstić information content (AvgIpc) is 2.65. The van der Waals surface area contributed by atoms with Crippen molar-refractivity contribution in [3.8, 4) is 0 Å². The maximum atomic E-state index is 12.1. The zero-order valence-corrected chi connectivity index (χ0v) is 13.9. The second-order valence-corrected chi connectivity index (χ2v) is 5.69. The van der Waals surface area contributed by atoms with Crippen LogP contribution in [0.2, 0.25) is 0 Å². The van der Waals surface area contributed by atoms with Crippen molar-refractivity contribution in [2.75, 3.05) is 6.61 Å². The minimum atomic E-state index is -0.447. The number of hydrogen-bond donors (Lipinski definition) is 2. The molecule has 0 saturated heterocycles. The van der Waals surface area contributed by atoms with Gasteiger partial charge >= 0.3 is 0 Å². The van der Waals surface area contributed by atoms with Crippen LogP contribution in [0.25, 0.3) is 0 Å². The molecule has 1 amide bonds. The quantitative estimate of drug-likeness (QED) is 0.733. The first-order valence-corrected chi connectivity index (χ1v) is 8.21. The van der Waals surface area contributed by atoms with Crippen LogP contribution in [0.1, 0.15) is 47.3 Å². The molecule has 4 nitrogen and oxygen atoms in total. The van der Waals surface area contributed by atoms with Crippen molar-refractivity contribution in [3.05, 3.63) is 71.3 Å². The molecule has 2 N–H and O–H groups in total. The van der Waals surface area contributed by atoms with E-state index in [2.05, 4.69) is 12.2 Å². The number of aryl methyl sites for hydroxylation is 1. The lowest BCUT2D eigenvalue weighted by atomic mass is 10.0. The maximum Gasteiger partial charge on any atom is 0.221 e. The zero-order valence-electron chi connectivity index (χ0n) is 13.9. The highest BCUT2D eigenvalue weighted by Crippen LogP contribution is 2.13. The first-order valence-electron chi connectivity index (χ1n) is 8.21. The fourth-order valence-corrected chi connectivity index (χ4v) is 2.48. The fourth-order valence-electron chi connectivity index (χ4n) is 2.48. The Labute approximate surface area is 142 Å². The monoisotopic (exact) mass is 325 g/mol. The third-order valence-corrected chi connectivity index (χ3v) is 3.98. The Morgan fingerprint density at radius 2 is 1.67 bits per heavy atom. The summed E-state index contributed by atoms with van der Waals surface area (Å²) < 4.78 is 0. The lowest BCUT2D eigenvalue weighted by Crippen LogP contribution is -2.30. The van der Waals surface area contributed by atoms with Crippen molar-refractivity contribution < 1.29 is 14.7 Å². The lowest BCUT2D eigenvalue weighted by molar-refractivity contribution is -0.122. The predicted molar refractivity (Wildman–Crippen MR) is 93.8 cm³/mol. The number of ketones is 1. The molecular formula is C20H23NO3. The van der Waals surface area contributed by atoms with Gasteiger partial charge in [0.15, 0.2) is 5.78 Å². The second-order valence-electron chi connectivity index (χ2n) is 5.69. The maximum absolute atomic E-state index is 12.1. The first kappa shape index (κ1) is 17.9. The number of aliphatic hydroxyl groups excluding tert-OH is 1. The van der Waals surface area contributed by atoms with Crippen LogP contribution in [-0.2, 0) is 11.2 Å². The summed E-state index contributed by atoms with van der Waals surface area (Å²) in [7, 11) is 0. The number of hydrogen-bond acceptors (Lipinski definition) is 3. The molecule has 24 heavy (non-hydrogen) atoms. The predicted octanol–water partition coefficient (Wildman–Crippen LogP) is 3.06. The van der Waals surface area contributed by atoms with Gasteiger partial charge in [-0.2, -0.15) is 0 Å². The summed E-state index contributed by atoms with van der Waals surface area (Å²) >= 11 is 0. The highest BCUT2D eigenvalue weighted by molar-refractivity contribution is 5.98. The van der Waals surface area contributed by atoms with Gasteiger partial charge in [0.05, 0.1) is 12.6 Å². The molecule has 0 fully saturated rings. The van der Waals surface area contributed by atoms with Crippen LogP contribution < -0.4 is 5.32 Å². The Hall–Kier alpha value is -2.46. The molecule has 2 aromatic carbocycles. The van der Waals surface area contributed by atoms with Crippen molar-refractivity contribution in [1.29, 1.82) is 0 Å². The van der Waals surface area contributed by atoms with Gasteiger partial charge in [0, 0.05) is 18.4 Å². The number of benzene rings is 2. The molecule has 0 saturated carbocycles. The Morgan fingerprint density at radius 1 is 1.00 bits per heavy atom. The molecule has 0 aromatic heterocycles. The van der Waals surface area contributed by atoms with Gasteiger partial charge in [-0.25, -0.2) is 0 Å². The van der Waals surface area contributed by atoms with E-state index >= 15 is 0 Å². The fraction of sp³-hybridized carbons (Fsp3) is 0.300. The van der Waals surface area contributed by atoms with E-state index in [-0.39, 0.29) is 31.1 Å². The van der Waals surface area contributed by atoms with Crippen LogP contribution in [0.15, 0.2) is 54.6 Å². The number of carbonyl (C=O) groups is 2. The number of carbonyl (C=O) groups excluding carboxylic acids is 2. The van der Waals surface area contributed by atoms with E-state index in [4.69, 9.17) is 0 Å². The Bertz CT molecular complexity index is 665. The lowest BCUT2D eigenvalue weighted by Gasteiger charge is -2.16. The van der Waals surface area contributed by atoms with E-state index < -0.39 is 6.04 Å². The summed E-state index contributed by atoms with van der Waals surface area (Å²) in [5.74, 6) is -0.288. The first-order chi connectivity index (χ1) is 11.6. The molecule has 126 valence electrons. The third-order valence-electron chi connectivity index (χ3n) is 3.98. The number of amides is 1. The van der Waals surface area contributed by atoms with Crippen LogP contribution in [-0.4, -0.2) is 23.4 Å². The summed E-state index contributed by atoms with van der Waals surface area (Å²) in [5.41, 5.74) is 2.65. The molecule has 0 spiro atoms. The standard InChI is InChI=1S/C20H23NO3/c1-2-15-8-10-17(11-9-15)19(23)12-13-20(24)21-18(14-22)16-6-4-3-5-7-16/h3-11,18,22H,2,12-14H2,1H3,(H,21,24). The molecule has 0 radical (unpaired) electrons. The normalized spacial score (nSPS) is 11.8. The van der Waals surface area contributed by atoms with E-state index in [9.17, 15) is 14.7 Å².